The third-order valence-electron chi connectivity index (χ3n) is 3.57. The summed E-state index contributed by atoms with van der Waals surface area (Å²) in [5.41, 5.74) is 2.16. The molecular weight excluding hydrogens is 298 g/mol. The molecule has 3 nitrogen and oxygen atoms in total. The van der Waals surface area contributed by atoms with Gasteiger partial charge in [-0.1, -0.05) is 48.9 Å². The molecule has 22 heavy (non-hydrogen) atoms. The maximum Gasteiger partial charge on any atom is 0.124 e. The lowest BCUT2D eigenvalue weighted by atomic mass is 10.1. The standard InChI is InChI=1S/C18H22ClNO2/c1-2-17(12-21)20-11-15-5-3-4-6-18(15)22-13-14-7-9-16(19)10-8-14/h3-10,17,20-21H,2,11-13H2,1H3. The van der Waals surface area contributed by atoms with E-state index in [9.17, 15) is 5.11 Å². The molecule has 0 spiro atoms. The summed E-state index contributed by atoms with van der Waals surface area (Å²) in [5, 5.41) is 13.3. The fourth-order valence-corrected chi connectivity index (χ4v) is 2.25. The third-order valence-corrected chi connectivity index (χ3v) is 3.83. The van der Waals surface area contributed by atoms with Gasteiger partial charge in [0.25, 0.3) is 0 Å². The Bertz CT molecular complexity index is 568. The number of aliphatic hydroxyl groups excluding tert-OH is 1. The molecule has 0 aromatic heterocycles. The molecule has 1 unspecified atom stereocenters. The van der Waals surface area contributed by atoms with Crippen LogP contribution >= 0.6 is 11.6 Å². The number of rotatable bonds is 8. The van der Waals surface area contributed by atoms with Gasteiger partial charge in [-0.3, -0.25) is 0 Å². The van der Waals surface area contributed by atoms with Crippen molar-refractivity contribution in [2.24, 2.45) is 0 Å². The van der Waals surface area contributed by atoms with Crippen molar-refractivity contribution in [3.05, 3.63) is 64.7 Å². The topological polar surface area (TPSA) is 41.5 Å². The van der Waals surface area contributed by atoms with Gasteiger partial charge < -0.3 is 15.2 Å². The lowest BCUT2D eigenvalue weighted by Gasteiger charge is -2.16. The fraction of sp³-hybridized carbons (Fsp3) is 0.333. The Morgan fingerprint density at radius 1 is 1.14 bits per heavy atom. The van der Waals surface area contributed by atoms with Gasteiger partial charge in [-0.15, -0.1) is 0 Å². The average molecular weight is 320 g/mol. The van der Waals surface area contributed by atoms with E-state index in [4.69, 9.17) is 16.3 Å². The number of nitrogens with one attached hydrogen (secondary N) is 1. The van der Waals surface area contributed by atoms with Gasteiger partial charge in [-0.25, -0.2) is 0 Å². The van der Waals surface area contributed by atoms with E-state index < -0.39 is 0 Å². The van der Waals surface area contributed by atoms with Crippen molar-refractivity contribution >= 4 is 11.6 Å². The quantitative estimate of drug-likeness (QED) is 0.778. The van der Waals surface area contributed by atoms with Gasteiger partial charge in [0.05, 0.1) is 6.61 Å². The molecule has 0 saturated heterocycles. The number of ether oxygens (including phenoxy) is 1. The number of aliphatic hydroxyl groups is 1. The van der Waals surface area contributed by atoms with E-state index in [2.05, 4.69) is 12.2 Å². The molecule has 0 amide bonds. The molecule has 2 rings (SSSR count). The van der Waals surface area contributed by atoms with Crippen LogP contribution in [-0.4, -0.2) is 17.8 Å². The van der Waals surface area contributed by atoms with Crippen LogP contribution in [0.25, 0.3) is 0 Å². The van der Waals surface area contributed by atoms with Crippen molar-refractivity contribution in [3.8, 4) is 5.75 Å². The largest absolute Gasteiger partial charge is 0.489 e. The molecule has 0 aliphatic heterocycles. The van der Waals surface area contributed by atoms with Gasteiger partial charge in [0.1, 0.15) is 12.4 Å². The highest BCUT2D eigenvalue weighted by molar-refractivity contribution is 6.30. The minimum atomic E-state index is 0.115. The first-order chi connectivity index (χ1) is 10.7. The lowest BCUT2D eigenvalue weighted by molar-refractivity contribution is 0.237. The number of halogens is 1. The van der Waals surface area contributed by atoms with E-state index >= 15 is 0 Å². The Morgan fingerprint density at radius 3 is 2.55 bits per heavy atom. The Kier molecular flexibility index (Phi) is 6.72. The predicted molar refractivity (Wildman–Crippen MR) is 90.2 cm³/mol. The molecule has 0 saturated carbocycles. The second kappa shape index (κ2) is 8.79. The van der Waals surface area contributed by atoms with Crippen molar-refractivity contribution in [1.29, 1.82) is 0 Å². The molecule has 2 aromatic rings. The second-order valence-corrected chi connectivity index (χ2v) is 5.63. The minimum Gasteiger partial charge on any atom is -0.489 e. The van der Waals surface area contributed by atoms with Gasteiger partial charge in [-0.2, -0.15) is 0 Å². The second-order valence-electron chi connectivity index (χ2n) is 5.19. The van der Waals surface area contributed by atoms with Gasteiger partial charge in [0, 0.05) is 23.2 Å². The smallest absolute Gasteiger partial charge is 0.124 e. The monoisotopic (exact) mass is 319 g/mol. The van der Waals surface area contributed by atoms with Crippen LogP contribution in [0.15, 0.2) is 48.5 Å². The molecule has 1 atom stereocenters. The SMILES string of the molecule is CCC(CO)NCc1ccccc1OCc1ccc(Cl)cc1. The molecule has 0 bridgehead atoms. The summed E-state index contributed by atoms with van der Waals surface area (Å²) in [6.07, 6.45) is 0.893. The van der Waals surface area contributed by atoms with Crippen LogP contribution in [0.1, 0.15) is 24.5 Å². The number of hydrogen-bond donors (Lipinski definition) is 2. The third kappa shape index (κ3) is 5.02. The molecule has 2 N–H and O–H groups in total. The zero-order chi connectivity index (χ0) is 15.8. The molecule has 2 aromatic carbocycles. The summed E-state index contributed by atoms with van der Waals surface area (Å²) in [6.45, 7) is 3.38. The molecule has 0 heterocycles. The first-order valence-corrected chi connectivity index (χ1v) is 7.90. The zero-order valence-corrected chi connectivity index (χ0v) is 13.5. The Balaban J connectivity index is 1.97. The van der Waals surface area contributed by atoms with Crippen molar-refractivity contribution in [3.63, 3.8) is 0 Å². The van der Waals surface area contributed by atoms with Crippen LogP contribution in [0, 0.1) is 0 Å². The molecule has 0 aliphatic rings. The van der Waals surface area contributed by atoms with Crippen molar-refractivity contribution in [2.75, 3.05) is 6.61 Å². The van der Waals surface area contributed by atoms with Gasteiger partial charge in [0.2, 0.25) is 0 Å². The molecule has 0 fully saturated rings. The highest BCUT2D eigenvalue weighted by Gasteiger charge is 2.07. The maximum atomic E-state index is 9.24. The number of para-hydroxylation sites is 1. The molecule has 0 aliphatic carbocycles. The Hall–Kier alpha value is -1.55. The van der Waals surface area contributed by atoms with E-state index in [0.29, 0.717) is 13.2 Å². The van der Waals surface area contributed by atoms with E-state index in [1.807, 2.05) is 48.5 Å². The highest BCUT2D eigenvalue weighted by atomic mass is 35.5. The van der Waals surface area contributed by atoms with E-state index in [0.717, 1.165) is 28.3 Å². The summed E-state index contributed by atoms with van der Waals surface area (Å²) in [7, 11) is 0. The maximum absolute atomic E-state index is 9.24. The average Bonchev–Trinajstić information content (AvgIpc) is 2.56. The van der Waals surface area contributed by atoms with Crippen LogP contribution in [0.5, 0.6) is 5.75 Å². The normalized spacial score (nSPS) is 12.1. The molecule has 4 heteroatoms. The van der Waals surface area contributed by atoms with E-state index in [-0.39, 0.29) is 12.6 Å². The molecule has 0 radical (unpaired) electrons. The minimum absolute atomic E-state index is 0.115. The number of benzene rings is 2. The molecular formula is C18H22ClNO2. The first-order valence-electron chi connectivity index (χ1n) is 7.52. The first kappa shape index (κ1) is 16.8. The summed E-state index contributed by atoms with van der Waals surface area (Å²) < 4.78 is 5.92. The van der Waals surface area contributed by atoms with Gasteiger partial charge >= 0.3 is 0 Å². The van der Waals surface area contributed by atoms with Crippen LogP contribution in [0.3, 0.4) is 0 Å². The Labute approximate surface area is 136 Å². The summed E-state index contributed by atoms with van der Waals surface area (Å²) in [5.74, 6) is 0.859. The van der Waals surface area contributed by atoms with Crippen molar-refractivity contribution in [2.45, 2.75) is 32.5 Å². The van der Waals surface area contributed by atoms with E-state index in [1.54, 1.807) is 0 Å². The zero-order valence-electron chi connectivity index (χ0n) is 12.8. The van der Waals surface area contributed by atoms with Crippen molar-refractivity contribution in [1.82, 2.24) is 5.32 Å². The van der Waals surface area contributed by atoms with Gasteiger partial charge in [-0.05, 0) is 30.2 Å². The predicted octanol–water partition coefficient (Wildman–Crippen LogP) is 3.78. The summed E-state index contributed by atoms with van der Waals surface area (Å²) in [4.78, 5) is 0. The fourth-order valence-electron chi connectivity index (χ4n) is 2.12. The van der Waals surface area contributed by atoms with Crippen LogP contribution in [-0.2, 0) is 13.2 Å². The van der Waals surface area contributed by atoms with Crippen molar-refractivity contribution < 1.29 is 9.84 Å². The van der Waals surface area contributed by atoms with Crippen LogP contribution in [0.2, 0.25) is 5.02 Å². The summed E-state index contributed by atoms with van der Waals surface area (Å²) in [6, 6.07) is 15.7. The lowest BCUT2D eigenvalue weighted by Crippen LogP contribution is -2.31. The Morgan fingerprint density at radius 2 is 1.86 bits per heavy atom. The summed E-state index contributed by atoms with van der Waals surface area (Å²) >= 11 is 5.88. The number of hydrogen-bond acceptors (Lipinski definition) is 3. The van der Waals surface area contributed by atoms with E-state index in [1.165, 1.54) is 0 Å². The van der Waals surface area contributed by atoms with Gasteiger partial charge in [0.15, 0.2) is 0 Å². The molecule has 118 valence electrons. The highest BCUT2D eigenvalue weighted by Crippen LogP contribution is 2.20. The van der Waals surface area contributed by atoms with Crippen LogP contribution < -0.4 is 10.1 Å². The van der Waals surface area contributed by atoms with Crippen LogP contribution in [0.4, 0.5) is 0 Å².